The van der Waals surface area contributed by atoms with Gasteiger partial charge in [-0.05, 0) is 38.2 Å². The third kappa shape index (κ3) is 3.88. The van der Waals surface area contributed by atoms with Gasteiger partial charge < -0.3 is 15.1 Å². The molecule has 2 heterocycles. The van der Waals surface area contributed by atoms with E-state index in [1.54, 1.807) is 34.1 Å². The summed E-state index contributed by atoms with van der Waals surface area (Å²) in [6.45, 7) is 1.40. The first-order valence-electron chi connectivity index (χ1n) is 8.28. The Morgan fingerprint density at radius 1 is 1.32 bits per heavy atom. The Labute approximate surface area is 147 Å². The molecule has 1 N–H and O–H groups in total. The molecule has 1 aliphatic rings. The summed E-state index contributed by atoms with van der Waals surface area (Å²) < 4.78 is 1.66. The second kappa shape index (κ2) is 7.06. The van der Waals surface area contributed by atoms with Crippen molar-refractivity contribution in [3.63, 3.8) is 0 Å². The zero-order valence-corrected chi connectivity index (χ0v) is 14.8. The molecule has 0 radical (unpaired) electrons. The second-order valence-corrected chi connectivity index (χ2v) is 6.61. The maximum absolute atomic E-state index is 12.5. The van der Waals surface area contributed by atoms with Gasteiger partial charge >= 0.3 is 0 Å². The predicted molar refractivity (Wildman–Crippen MR) is 95.3 cm³/mol. The van der Waals surface area contributed by atoms with Gasteiger partial charge in [0.2, 0.25) is 5.91 Å². The fraction of sp³-hybridized carbons (Fsp3) is 0.389. The molecular weight excluding hydrogens is 318 g/mol. The largest absolute Gasteiger partial charge is 0.340 e. The third-order valence-electron chi connectivity index (χ3n) is 4.23. The van der Waals surface area contributed by atoms with Crippen LogP contribution in [0.1, 0.15) is 22.3 Å². The maximum Gasteiger partial charge on any atom is 0.251 e. The van der Waals surface area contributed by atoms with E-state index in [-0.39, 0.29) is 11.8 Å². The Balaban J connectivity index is 1.62. The number of nitrogens with zero attached hydrogens (tertiary/aromatic N) is 4. The molecule has 2 aromatic rings. The number of carbonyl (C=O) groups excluding carboxylic acids is 2. The zero-order valence-electron chi connectivity index (χ0n) is 14.8. The van der Waals surface area contributed by atoms with Crippen LogP contribution in [0.5, 0.6) is 0 Å². The van der Waals surface area contributed by atoms with Gasteiger partial charge in [-0.1, -0.05) is 12.1 Å². The van der Waals surface area contributed by atoms with Crippen molar-refractivity contribution >= 4 is 17.5 Å². The number of benzene rings is 1. The van der Waals surface area contributed by atoms with Gasteiger partial charge in [0.1, 0.15) is 6.04 Å². The van der Waals surface area contributed by atoms with Crippen LogP contribution in [0.15, 0.2) is 36.7 Å². The highest BCUT2D eigenvalue weighted by Crippen LogP contribution is 2.21. The first kappa shape index (κ1) is 17.2. The fourth-order valence-electron chi connectivity index (χ4n) is 2.99. The molecule has 1 atom stereocenters. The van der Waals surface area contributed by atoms with E-state index in [0.717, 1.165) is 17.8 Å². The van der Waals surface area contributed by atoms with Crippen molar-refractivity contribution in [2.75, 3.05) is 25.5 Å². The van der Waals surface area contributed by atoms with Crippen LogP contribution in [-0.4, -0.2) is 53.2 Å². The average Bonchev–Trinajstić information content (AvgIpc) is 3.14. The van der Waals surface area contributed by atoms with Gasteiger partial charge in [0, 0.05) is 31.9 Å². The van der Waals surface area contributed by atoms with Crippen LogP contribution in [0, 0.1) is 0 Å². The average molecular weight is 341 g/mol. The molecule has 132 valence electrons. The Bertz CT molecular complexity index is 766. The lowest BCUT2D eigenvalue weighted by Crippen LogP contribution is -2.41. The van der Waals surface area contributed by atoms with Gasteiger partial charge in [0.25, 0.3) is 5.91 Å². The van der Waals surface area contributed by atoms with Crippen LogP contribution in [0.3, 0.4) is 0 Å². The van der Waals surface area contributed by atoms with E-state index in [1.807, 2.05) is 33.3 Å². The molecule has 3 rings (SSSR count). The Kier molecular flexibility index (Phi) is 4.85. The number of aryl methyl sites for hydroxylation is 1. The topological polar surface area (TPSA) is 70.5 Å². The molecule has 0 aliphatic carbocycles. The number of carbonyl (C=O) groups is 2. The molecule has 0 unspecified atom stereocenters. The number of hydrogen-bond donors (Lipinski definition) is 1. The summed E-state index contributed by atoms with van der Waals surface area (Å²) in [4.78, 5) is 28.7. The van der Waals surface area contributed by atoms with E-state index in [1.165, 1.54) is 0 Å². The Morgan fingerprint density at radius 3 is 2.64 bits per heavy atom. The third-order valence-corrected chi connectivity index (χ3v) is 4.23. The van der Waals surface area contributed by atoms with Crippen molar-refractivity contribution in [1.29, 1.82) is 0 Å². The van der Waals surface area contributed by atoms with Crippen LogP contribution < -0.4 is 10.2 Å². The standard InChI is InChI=1S/C18H23N5O2/c1-21(2)11-13-4-6-14(7-5-13)17(24)20-16-8-9-23(18(16)25)15-10-19-22(3)12-15/h4-7,10,12,16H,8-9,11H2,1-3H3,(H,20,24)/t16-/m1/s1. The molecular formula is C18H23N5O2. The van der Waals surface area contributed by atoms with Crippen molar-refractivity contribution in [3.8, 4) is 0 Å². The van der Waals surface area contributed by atoms with Gasteiger partial charge in [-0.3, -0.25) is 14.3 Å². The Morgan fingerprint density at radius 2 is 2.04 bits per heavy atom. The summed E-state index contributed by atoms with van der Waals surface area (Å²) >= 11 is 0. The first-order chi connectivity index (χ1) is 11.9. The lowest BCUT2D eigenvalue weighted by atomic mass is 10.1. The summed E-state index contributed by atoms with van der Waals surface area (Å²) in [5.41, 5.74) is 2.47. The molecule has 2 amide bonds. The summed E-state index contributed by atoms with van der Waals surface area (Å²) in [6.07, 6.45) is 4.05. The lowest BCUT2D eigenvalue weighted by Gasteiger charge is -2.15. The molecule has 7 heteroatoms. The summed E-state index contributed by atoms with van der Waals surface area (Å²) in [5.74, 6) is -0.312. The minimum Gasteiger partial charge on any atom is -0.340 e. The van der Waals surface area contributed by atoms with Gasteiger partial charge in [0.05, 0.1) is 11.9 Å². The van der Waals surface area contributed by atoms with Gasteiger partial charge in [-0.15, -0.1) is 0 Å². The molecule has 1 saturated heterocycles. The van der Waals surface area contributed by atoms with E-state index in [0.29, 0.717) is 18.5 Å². The van der Waals surface area contributed by atoms with Crippen LogP contribution in [0.2, 0.25) is 0 Å². The summed E-state index contributed by atoms with van der Waals surface area (Å²) in [5, 5.41) is 6.93. The van der Waals surface area contributed by atoms with E-state index in [2.05, 4.69) is 15.3 Å². The highest BCUT2D eigenvalue weighted by Gasteiger charge is 2.34. The van der Waals surface area contributed by atoms with Gasteiger partial charge in [-0.2, -0.15) is 5.10 Å². The highest BCUT2D eigenvalue weighted by atomic mass is 16.2. The number of anilines is 1. The van der Waals surface area contributed by atoms with Crippen molar-refractivity contribution in [3.05, 3.63) is 47.8 Å². The van der Waals surface area contributed by atoms with Crippen molar-refractivity contribution < 1.29 is 9.59 Å². The van der Waals surface area contributed by atoms with Crippen LogP contribution in [0.25, 0.3) is 0 Å². The molecule has 0 spiro atoms. The fourth-order valence-corrected chi connectivity index (χ4v) is 2.99. The second-order valence-electron chi connectivity index (χ2n) is 6.61. The quantitative estimate of drug-likeness (QED) is 0.881. The van der Waals surface area contributed by atoms with Crippen molar-refractivity contribution in [2.45, 2.75) is 19.0 Å². The maximum atomic E-state index is 12.5. The molecule has 1 aromatic carbocycles. The van der Waals surface area contributed by atoms with Crippen molar-refractivity contribution in [1.82, 2.24) is 20.0 Å². The lowest BCUT2D eigenvalue weighted by molar-refractivity contribution is -0.118. The molecule has 1 fully saturated rings. The van der Waals surface area contributed by atoms with E-state index in [4.69, 9.17) is 0 Å². The molecule has 1 aromatic heterocycles. The van der Waals surface area contributed by atoms with Gasteiger partial charge in [-0.25, -0.2) is 0 Å². The minimum absolute atomic E-state index is 0.0921. The van der Waals surface area contributed by atoms with Crippen LogP contribution in [0.4, 0.5) is 5.69 Å². The number of rotatable bonds is 5. The zero-order chi connectivity index (χ0) is 18.0. The molecule has 0 saturated carbocycles. The van der Waals surface area contributed by atoms with E-state index >= 15 is 0 Å². The first-order valence-corrected chi connectivity index (χ1v) is 8.28. The monoisotopic (exact) mass is 341 g/mol. The Hall–Kier alpha value is -2.67. The molecule has 7 nitrogen and oxygen atoms in total. The normalized spacial score (nSPS) is 17.4. The number of hydrogen-bond acceptors (Lipinski definition) is 4. The summed E-state index contributed by atoms with van der Waals surface area (Å²) in [6, 6.07) is 6.98. The SMILES string of the molecule is CN(C)Cc1ccc(C(=O)N[C@@H]2CCN(c3cnn(C)c3)C2=O)cc1. The minimum atomic E-state index is -0.492. The molecule has 25 heavy (non-hydrogen) atoms. The number of amides is 2. The van der Waals surface area contributed by atoms with E-state index in [9.17, 15) is 9.59 Å². The predicted octanol–water partition coefficient (Wildman–Crippen LogP) is 1.02. The van der Waals surface area contributed by atoms with Crippen molar-refractivity contribution in [2.24, 2.45) is 7.05 Å². The highest BCUT2D eigenvalue weighted by molar-refractivity contribution is 6.03. The van der Waals surface area contributed by atoms with Gasteiger partial charge in [0.15, 0.2) is 0 Å². The number of aromatic nitrogens is 2. The molecule has 0 bridgehead atoms. The van der Waals surface area contributed by atoms with Crippen LogP contribution in [-0.2, 0) is 18.4 Å². The van der Waals surface area contributed by atoms with E-state index < -0.39 is 6.04 Å². The number of nitrogens with one attached hydrogen (secondary N) is 1. The smallest absolute Gasteiger partial charge is 0.251 e. The molecule has 1 aliphatic heterocycles. The summed E-state index contributed by atoms with van der Waals surface area (Å²) in [7, 11) is 5.81. The van der Waals surface area contributed by atoms with Crippen LogP contribution >= 0.6 is 0 Å².